The molecular weight excluding hydrogens is 480 g/mol. The van der Waals surface area contributed by atoms with Crippen molar-refractivity contribution < 1.29 is 17.9 Å². The highest BCUT2D eigenvalue weighted by Gasteiger charge is 2.41. The van der Waals surface area contributed by atoms with Crippen molar-refractivity contribution in [1.82, 2.24) is 19.8 Å². The third kappa shape index (κ3) is 8.47. The number of morpholine rings is 1. The van der Waals surface area contributed by atoms with Gasteiger partial charge < -0.3 is 15.0 Å². The molecule has 1 aromatic rings. The second-order valence-electron chi connectivity index (χ2n) is 10.0. The van der Waals surface area contributed by atoms with E-state index >= 15 is 0 Å². The van der Waals surface area contributed by atoms with E-state index < -0.39 is 21.6 Å². The Balaban J connectivity index is 1.73. The molecule has 2 saturated heterocycles. The molecule has 2 heterocycles. The fourth-order valence-corrected chi connectivity index (χ4v) is 4.99. The highest BCUT2D eigenvalue weighted by molar-refractivity contribution is 7.89. The number of guanidine groups is 1. The largest absolute Gasteiger partial charge is 0.378 e. The van der Waals surface area contributed by atoms with Crippen molar-refractivity contribution in [3.8, 4) is 6.07 Å². The molecule has 2 aliphatic rings. The Morgan fingerprint density at radius 3 is 2.53 bits per heavy atom. The van der Waals surface area contributed by atoms with Gasteiger partial charge in [0.15, 0.2) is 0 Å². The molecular formula is C25H38N6O4S. The molecule has 2 unspecified atom stereocenters. The SMILES string of the molecule is CC(C)CC(N=C(NS(C)(=O)=O)N1CCOCC1)C(=O)NC1(C#N)CCN(CCc2ccccc2)C1. The van der Waals surface area contributed by atoms with Gasteiger partial charge in [0.2, 0.25) is 21.9 Å². The molecule has 1 aromatic carbocycles. The van der Waals surface area contributed by atoms with E-state index in [9.17, 15) is 18.5 Å². The summed E-state index contributed by atoms with van der Waals surface area (Å²) >= 11 is 0. The first-order valence-corrected chi connectivity index (χ1v) is 14.4. The third-order valence-electron chi connectivity index (χ3n) is 6.35. The maximum atomic E-state index is 13.5. The maximum absolute atomic E-state index is 13.5. The molecule has 2 atom stereocenters. The Hall–Kier alpha value is -2.68. The molecule has 0 radical (unpaired) electrons. The molecule has 3 rings (SSSR count). The molecule has 36 heavy (non-hydrogen) atoms. The lowest BCUT2D eigenvalue weighted by molar-refractivity contribution is -0.123. The molecule has 0 saturated carbocycles. The van der Waals surface area contributed by atoms with Crippen LogP contribution in [0.2, 0.25) is 0 Å². The minimum atomic E-state index is -3.60. The fraction of sp³-hybridized carbons (Fsp3) is 0.640. The summed E-state index contributed by atoms with van der Waals surface area (Å²) in [6, 6.07) is 11.7. The predicted molar refractivity (Wildman–Crippen MR) is 139 cm³/mol. The monoisotopic (exact) mass is 518 g/mol. The van der Waals surface area contributed by atoms with E-state index in [0.717, 1.165) is 19.2 Å². The molecule has 0 aliphatic carbocycles. The van der Waals surface area contributed by atoms with E-state index in [2.05, 4.69) is 38.1 Å². The standard InChI is InChI=1S/C25H38N6O4S/c1-20(2)17-22(27-24(29-36(3,33)34)31-13-15-35-16-14-31)23(32)28-25(18-26)10-12-30(19-25)11-9-21-7-5-4-6-8-21/h4-8,20,22H,9-17,19H2,1-3H3,(H,27,29)(H,28,32). The number of carbonyl (C=O) groups excluding carboxylic acids is 1. The van der Waals surface area contributed by atoms with Gasteiger partial charge in [0.05, 0.1) is 25.5 Å². The van der Waals surface area contributed by atoms with Gasteiger partial charge >= 0.3 is 0 Å². The molecule has 11 heteroatoms. The van der Waals surface area contributed by atoms with E-state index in [1.165, 1.54) is 5.56 Å². The van der Waals surface area contributed by atoms with Crippen molar-refractivity contribution in [2.75, 3.05) is 52.2 Å². The van der Waals surface area contributed by atoms with Crippen LogP contribution >= 0.6 is 0 Å². The molecule has 0 spiro atoms. The molecule has 0 bridgehead atoms. The minimum Gasteiger partial charge on any atom is -0.378 e. The van der Waals surface area contributed by atoms with Crippen LogP contribution in [0.1, 0.15) is 32.3 Å². The summed E-state index contributed by atoms with van der Waals surface area (Å²) in [6.45, 7) is 7.75. The van der Waals surface area contributed by atoms with Crippen LogP contribution in [0, 0.1) is 17.2 Å². The molecule has 10 nitrogen and oxygen atoms in total. The Morgan fingerprint density at radius 2 is 1.92 bits per heavy atom. The molecule has 0 aromatic heterocycles. The lowest BCUT2D eigenvalue weighted by Crippen LogP contribution is -2.54. The number of rotatable bonds is 9. The van der Waals surface area contributed by atoms with Crippen LogP contribution in [0.4, 0.5) is 0 Å². The Bertz CT molecular complexity index is 1050. The minimum absolute atomic E-state index is 0.137. The van der Waals surface area contributed by atoms with Crippen LogP contribution in [0.5, 0.6) is 0 Å². The summed E-state index contributed by atoms with van der Waals surface area (Å²) < 4.78 is 31.9. The van der Waals surface area contributed by atoms with Crippen molar-refractivity contribution in [3.05, 3.63) is 35.9 Å². The first-order valence-electron chi connectivity index (χ1n) is 12.5. The average molecular weight is 519 g/mol. The smallest absolute Gasteiger partial charge is 0.246 e. The average Bonchev–Trinajstić information content (AvgIpc) is 3.25. The topological polar surface area (TPSA) is 127 Å². The van der Waals surface area contributed by atoms with Crippen LogP contribution in [0.25, 0.3) is 0 Å². The Morgan fingerprint density at radius 1 is 1.22 bits per heavy atom. The Kier molecular flexibility index (Phi) is 9.70. The molecule has 198 valence electrons. The number of carbonyl (C=O) groups is 1. The normalized spacial score (nSPS) is 22.3. The van der Waals surface area contributed by atoms with Crippen LogP contribution in [0.15, 0.2) is 35.3 Å². The van der Waals surface area contributed by atoms with Crippen LogP contribution in [-0.2, 0) is 26.0 Å². The fourth-order valence-electron chi connectivity index (χ4n) is 4.48. The quantitative estimate of drug-likeness (QED) is 0.368. The van der Waals surface area contributed by atoms with Crippen LogP contribution < -0.4 is 10.0 Å². The zero-order valence-corrected chi connectivity index (χ0v) is 22.3. The third-order valence-corrected chi connectivity index (χ3v) is 6.90. The number of ether oxygens (including phenoxy) is 1. The van der Waals surface area contributed by atoms with E-state index in [0.29, 0.717) is 52.2 Å². The first kappa shape index (κ1) is 27.9. The second-order valence-corrected chi connectivity index (χ2v) is 11.8. The number of sulfonamides is 1. The summed E-state index contributed by atoms with van der Waals surface area (Å²) in [5.41, 5.74) is 0.235. The van der Waals surface area contributed by atoms with Crippen molar-refractivity contribution in [2.45, 2.75) is 44.7 Å². The van der Waals surface area contributed by atoms with Crippen LogP contribution in [-0.4, -0.2) is 93.9 Å². The predicted octanol–water partition coefficient (Wildman–Crippen LogP) is 0.965. The number of hydrogen-bond donors (Lipinski definition) is 2. The van der Waals surface area contributed by atoms with Crippen molar-refractivity contribution in [2.24, 2.45) is 10.9 Å². The van der Waals surface area contributed by atoms with Crippen molar-refractivity contribution >= 4 is 21.9 Å². The first-order chi connectivity index (χ1) is 17.1. The number of aliphatic imine (C=N–C) groups is 1. The van der Waals surface area contributed by atoms with E-state index in [4.69, 9.17) is 4.74 Å². The van der Waals surface area contributed by atoms with Gasteiger partial charge in [0, 0.05) is 32.7 Å². The van der Waals surface area contributed by atoms with E-state index in [-0.39, 0.29) is 17.8 Å². The number of nitrogens with zero attached hydrogens (tertiary/aromatic N) is 4. The summed E-state index contributed by atoms with van der Waals surface area (Å²) in [5.74, 6) is -0.0857. The van der Waals surface area contributed by atoms with Gasteiger partial charge in [-0.05, 0) is 30.7 Å². The maximum Gasteiger partial charge on any atom is 0.246 e. The van der Waals surface area contributed by atoms with Gasteiger partial charge in [-0.25, -0.2) is 13.4 Å². The highest BCUT2D eigenvalue weighted by atomic mass is 32.2. The lowest BCUT2D eigenvalue weighted by Gasteiger charge is -2.31. The van der Waals surface area contributed by atoms with Crippen molar-refractivity contribution in [1.29, 1.82) is 5.26 Å². The second kappa shape index (κ2) is 12.5. The van der Waals surface area contributed by atoms with Gasteiger partial charge in [0.25, 0.3) is 0 Å². The molecule has 2 N–H and O–H groups in total. The number of benzene rings is 1. The summed E-state index contributed by atoms with van der Waals surface area (Å²) in [4.78, 5) is 22.0. The van der Waals surface area contributed by atoms with E-state index in [1.54, 1.807) is 4.90 Å². The lowest BCUT2D eigenvalue weighted by atomic mass is 9.98. The summed E-state index contributed by atoms with van der Waals surface area (Å²) in [7, 11) is -3.60. The molecule has 1 amide bonds. The van der Waals surface area contributed by atoms with Gasteiger partial charge in [0.1, 0.15) is 11.6 Å². The number of nitrogens with one attached hydrogen (secondary N) is 2. The van der Waals surface area contributed by atoms with Gasteiger partial charge in [-0.3, -0.25) is 14.4 Å². The van der Waals surface area contributed by atoms with E-state index in [1.807, 2.05) is 32.0 Å². The zero-order chi connectivity index (χ0) is 26.2. The highest BCUT2D eigenvalue weighted by Crippen LogP contribution is 2.22. The Labute approximate surface area is 214 Å². The summed E-state index contributed by atoms with van der Waals surface area (Å²) in [5, 5.41) is 13.0. The van der Waals surface area contributed by atoms with Crippen molar-refractivity contribution in [3.63, 3.8) is 0 Å². The number of amides is 1. The molecule has 2 aliphatic heterocycles. The number of likely N-dealkylation sites (tertiary alicyclic amines) is 1. The van der Waals surface area contributed by atoms with Gasteiger partial charge in [-0.2, -0.15) is 5.26 Å². The number of nitriles is 1. The van der Waals surface area contributed by atoms with Crippen LogP contribution in [0.3, 0.4) is 0 Å². The summed E-state index contributed by atoms with van der Waals surface area (Å²) in [6.07, 6.45) is 2.88. The van der Waals surface area contributed by atoms with Gasteiger partial charge in [-0.15, -0.1) is 0 Å². The zero-order valence-electron chi connectivity index (χ0n) is 21.4. The van der Waals surface area contributed by atoms with Gasteiger partial charge in [-0.1, -0.05) is 44.2 Å². The molecule has 2 fully saturated rings. The number of hydrogen-bond acceptors (Lipinski definition) is 7.